The monoisotopic (exact) mass is 454 g/mol. The third kappa shape index (κ3) is 5.68. The third-order valence-corrected chi connectivity index (χ3v) is 5.28. The summed E-state index contributed by atoms with van der Waals surface area (Å²) in [6.07, 6.45) is 4.61. The maximum atomic E-state index is 13.0. The molecule has 11 nitrogen and oxygen atoms in total. The van der Waals surface area contributed by atoms with Gasteiger partial charge in [0.25, 0.3) is 17.5 Å². The van der Waals surface area contributed by atoms with Crippen LogP contribution in [0.3, 0.4) is 0 Å². The molecule has 11 heteroatoms. The van der Waals surface area contributed by atoms with Crippen LogP contribution in [0, 0.1) is 10.1 Å². The quantitative estimate of drug-likeness (QED) is 0.349. The standard InChI is InChI=1S/C22H26N6O5/c1-2-3-4-7-13-23-20(29)17-11-12-19(25-24-17)26-14-8-15-27(22(26)31)21(30)16-9-5-6-10-18(16)28(32)33/h5-6,9-12H,2-4,7-8,13-15H2,1H3,(H,23,29). The molecule has 0 radical (unpaired) electrons. The number of nitro benzene ring substituents is 1. The van der Waals surface area contributed by atoms with Crippen molar-refractivity contribution in [2.75, 3.05) is 24.5 Å². The molecule has 174 valence electrons. The van der Waals surface area contributed by atoms with Crippen LogP contribution in [-0.2, 0) is 0 Å². The minimum atomic E-state index is -0.746. The number of anilines is 1. The van der Waals surface area contributed by atoms with Gasteiger partial charge in [-0.15, -0.1) is 10.2 Å². The Hall–Kier alpha value is -3.89. The lowest BCUT2D eigenvalue weighted by Gasteiger charge is -2.33. The number of aromatic nitrogens is 2. The van der Waals surface area contributed by atoms with Crippen LogP contribution in [-0.4, -0.2) is 57.5 Å². The van der Waals surface area contributed by atoms with Crippen molar-refractivity contribution in [2.45, 2.75) is 39.0 Å². The summed E-state index contributed by atoms with van der Waals surface area (Å²) in [5.74, 6) is -0.896. The van der Waals surface area contributed by atoms with E-state index in [0.29, 0.717) is 19.5 Å². The highest BCUT2D eigenvalue weighted by molar-refractivity contribution is 6.10. The van der Waals surface area contributed by atoms with Crippen molar-refractivity contribution in [1.29, 1.82) is 0 Å². The molecule has 0 unspecified atom stereocenters. The zero-order chi connectivity index (χ0) is 23.8. The number of para-hydroxylation sites is 1. The molecule has 1 aliphatic heterocycles. The normalized spacial score (nSPS) is 13.7. The van der Waals surface area contributed by atoms with Crippen molar-refractivity contribution in [3.05, 3.63) is 57.8 Å². The number of nitrogens with one attached hydrogen (secondary N) is 1. The fourth-order valence-electron chi connectivity index (χ4n) is 3.52. The number of unbranched alkanes of at least 4 members (excludes halogenated alkanes) is 3. The van der Waals surface area contributed by atoms with E-state index in [1.807, 2.05) is 0 Å². The fraction of sp³-hybridized carbons (Fsp3) is 0.409. The first-order chi connectivity index (χ1) is 15.9. The van der Waals surface area contributed by atoms with Gasteiger partial charge in [-0.1, -0.05) is 38.3 Å². The Labute approximate surface area is 190 Å². The molecule has 1 N–H and O–H groups in total. The molecule has 1 fully saturated rings. The molecule has 0 bridgehead atoms. The summed E-state index contributed by atoms with van der Waals surface area (Å²) < 4.78 is 0. The number of rotatable bonds is 9. The molecule has 2 aromatic rings. The molecule has 1 aliphatic rings. The third-order valence-electron chi connectivity index (χ3n) is 5.28. The summed E-state index contributed by atoms with van der Waals surface area (Å²) in [5, 5.41) is 22.0. The van der Waals surface area contributed by atoms with Crippen LogP contribution < -0.4 is 10.2 Å². The van der Waals surface area contributed by atoms with E-state index in [0.717, 1.165) is 30.6 Å². The average molecular weight is 454 g/mol. The molecule has 3 rings (SSSR count). The lowest BCUT2D eigenvalue weighted by molar-refractivity contribution is -0.385. The smallest absolute Gasteiger partial charge is 0.332 e. The zero-order valence-electron chi connectivity index (χ0n) is 18.4. The molecular weight excluding hydrogens is 428 g/mol. The minimum absolute atomic E-state index is 0.131. The number of carbonyl (C=O) groups excluding carboxylic acids is 3. The van der Waals surface area contributed by atoms with Crippen LogP contribution in [0.2, 0.25) is 0 Å². The predicted molar refractivity (Wildman–Crippen MR) is 120 cm³/mol. The van der Waals surface area contributed by atoms with Gasteiger partial charge in [-0.3, -0.25) is 29.5 Å². The number of urea groups is 1. The Kier molecular flexibility index (Phi) is 8.01. The molecule has 0 aliphatic carbocycles. The van der Waals surface area contributed by atoms with Gasteiger partial charge < -0.3 is 5.32 Å². The van der Waals surface area contributed by atoms with Crippen LogP contribution in [0.5, 0.6) is 0 Å². The zero-order valence-corrected chi connectivity index (χ0v) is 18.4. The summed E-state index contributed by atoms with van der Waals surface area (Å²) in [7, 11) is 0. The largest absolute Gasteiger partial charge is 0.351 e. The van der Waals surface area contributed by atoms with Crippen molar-refractivity contribution in [3.8, 4) is 0 Å². The van der Waals surface area contributed by atoms with E-state index in [1.165, 1.54) is 41.3 Å². The first-order valence-corrected chi connectivity index (χ1v) is 10.9. The Morgan fingerprint density at radius 1 is 1.09 bits per heavy atom. The number of amides is 4. The molecule has 1 aromatic carbocycles. The minimum Gasteiger partial charge on any atom is -0.351 e. The summed E-state index contributed by atoms with van der Waals surface area (Å²) in [6, 6.07) is 7.83. The van der Waals surface area contributed by atoms with E-state index >= 15 is 0 Å². The van der Waals surface area contributed by atoms with E-state index in [1.54, 1.807) is 0 Å². The molecule has 0 spiro atoms. The van der Waals surface area contributed by atoms with Crippen molar-refractivity contribution in [2.24, 2.45) is 0 Å². The number of nitrogens with zero attached hydrogens (tertiary/aromatic N) is 5. The summed E-state index contributed by atoms with van der Waals surface area (Å²) in [5.41, 5.74) is -0.390. The molecule has 1 saturated heterocycles. The van der Waals surface area contributed by atoms with Crippen LogP contribution in [0.1, 0.15) is 59.9 Å². The van der Waals surface area contributed by atoms with Crippen molar-refractivity contribution in [1.82, 2.24) is 20.4 Å². The highest BCUT2D eigenvalue weighted by Gasteiger charge is 2.35. The number of nitro groups is 1. The first-order valence-electron chi connectivity index (χ1n) is 10.9. The predicted octanol–water partition coefficient (Wildman–Crippen LogP) is 3.17. The van der Waals surface area contributed by atoms with Gasteiger partial charge in [0, 0.05) is 25.7 Å². The SMILES string of the molecule is CCCCCCNC(=O)c1ccc(N2CCCN(C(=O)c3ccccc3[N+](=O)[O-])C2=O)nn1. The average Bonchev–Trinajstić information content (AvgIpc) is 2.83. The topological polar surface area (TPSA) is 139 Å². The maximum absolute atomic E-state index is 13.0. The van der Waals surface area contributed by atoms with Gasteiger partial charge in [-0.2, -0.15) is 0 Å². The van der Waals surface area contributed by atoms with Crippen molar-refractivity contribution < 1.29 is 19.3 Å². The van der Waals surface area contributed by atoms with Crippen LogP contribution in [0.15, 0.2) is 36.4 Å². The van der Waals surface area contributed by atoms with Gasteiger partial charge in [-0.05, 0) is 31.0 Å². The lowest BCUT2D eigenvalue weighted by atomic mass is 10.1. The van der Waals surface area contributed by atoms with Gasteiger partial charge in [0.15, 0.2) is 11.5 Å². The van der Waals surface area contributed by atoms with Gasteiger partial charge in [-0.25, -0.2) is 4.79 Å². The van der Waals surface area contributed by atoms with Crippen LogP contribution in [0.25, 0.3) is 0 Å². The van der Waals surface area contributed by atoms with E-state index in [2.05, 4.69) is 22.4 Å². The molecule has 0 atom stereocenters. The van der Waals surface area contributed by atoms with E-state index < -0.39 is 16.9 Å². The molecule has 33 heavy (non-hydrogen) atoms. The Morgan fingerprint density at radius 2 is 1.88 bits per heavy atom. The van der Waals surface area contributed by atoms with E-state index in [9.17, 15) is 24.5 Å². The second-order valence-electron chi connectivity index (χ2n) is 7.61. The number of hydrogen-bond acceptors (Lipinski definition) is 7. The molecule has 1 aromatic heterocycles. The summed E-state index contributed by atoms with van der Waals surface area (Å²) in [6.45, 7) is 3.10. The highest BCUT2D eigenvalue weighted by Crippen LogP contribution is 2.23. The number of carbonyl (C=O) groups is 3. The van der Waals surface area contributed by atoms with Gasteiger partial charge in [0.05, 0.1) is 4.92 Å². The summed E-state index contributed by atoms with van der Waals surface area (Å²) in [4.78, 5) is 50.9. The fourth-order valence-corrected chi connectivity index (χ4v) is 3.52. The van der Waals surface area contributed by atoms with E-state index in [-0.39, 0.29) is 35.2 Å². The van der Waals surface area contributed by atoms with Gasteiger partial charge in [0.2, 0.25) is 0 Å². The van der Waals surface area contributed by atoms with Crippen LogP contribution >= 0.6 is 0 Å². The molecule has 2 heterocycles. The number of hydrogen-bond donors (Lipinski definition) is 1. The molecule has 4 amide bonds. The molecular formula is C22H26N6O5. The van der Waals surface area contributed by atoms with Gasteiger partial charge >= 0.3 is 6.03 Å². The van der Waals surface area contributed by atoms with Gasteiger partial charge in [0.1, 0.15) is 5.56 Å². The Balaban J connectivity index is 1.68. The van der Waals surface area contributed by atoms with Crippen molar-refractivity contribution in [3.63, 3.8) is 0 Å². The summed E-state index contributed by atoms with van der Waals surface area (Å²) >= 11 is 0. The highest BCUT2D eigenvalue weighted by atomic mass is 16.6. The second-order valence-corrected chi connectivity index (χ2v) is 7.61. The van der Waals surface area contributed by atoms with Crippen LogP contribution in [0.4, 0.5) is 16.3 Å². The Morgan fingerprint density at radius 3 is 2.58 bits per heavy atom. The number of benzene rings is 1. The first kappa shape index (κ1) is 23.8. The van der Waals surface area contributed by atoms with Crippen molar-refractivity contribution >= 4 is 29.4 Å². The number of imide groups is 1. The van der Waals surface area contributed by atoms with E-state index in [4.69, 9.17) is 0 Å². The molecule has 0 saturated carbocycles. The lowest BCUT2D eigenvalue weighted by Crippen LogP contribution is -2.52. The Bertz CT molecular complexity index is 1030. The second kappa shape index (κ2) is 11.1. The maximum Gasteiger partial charge on any atom is 0.332 e.